The van der Waals surface area contributed by atoms with Crippen molar-refractivity contribution in [1.82, 2.24) is 9.97 Å². The van der Waals surface area contributed by atoms with Gasteiger partial charge in [-0.3, -0.25) is 4.98 Å². The van der Waals surface area contributed by atoms with Crippen molar-refractivity contribution in [3.63, 3.8) is 0 Å². The molecule has 3 heterocycles. The lowest BCUT2D eigenvalue weighted by atomic mass is 10.2. The number of fused-ring (bicyclic) bond motifs is 1. The quantitative estimate of drug-likeness (QED) is 0.770. The van der Waals surface area contributed by atoms with E-state index in [4.69, 9.17) is 4.74 Å². The summed E-state index contributed by atoms with van der Waals surface area (Å²) in [7, 11) is 1.37. The Morgan fingerprint density at radius 1 is 1.26 bits per heavy atom. The van der Waals surface area contributed by atoms with Crippen molar-refractivity contribution in [2.45, 2.75) is 12.8 Å². The van der Waals surface area contributed by atoms with Crippen molar-refractivity contribution in [3.05, 3.63) is 30.0 Å². The van der Waals surface area contributed by atoms with Crippen LogP contribution < -0.4 is 4.90 Å². The molecule has 1 aliphatic heterocycles. The summed E-state index contributed by atoms with van der Waals surface area (Å²) in [4.78, 5) is 22.8. The van der Waals surface area contributed by atoms with Crippen LogP contribution in [-0.2, 0) is 4.74 Å². The lowest BCUT2D eigenvalue weighted by molar-refractivity contribution is 0.0602. The second-order valence-corrected chi connectivity index (χ2v) is 4.58. The van der Waals surface area contributed by atoms with Crippen molar-refractivity contribution in [2.75, 3.05) is 25.1 Å². The zero-order valence-electron chi connectivity index (χ0n) is 10.8. The second-order valence-electron chi connectivity index (χ2n) is 4.58. The van der Waals surface area contributed by atoms with E-state index in [9.17, 15) is 4.79 Å². The molecule has 0 N–H and O–H groups in total. The number of hydrogen-bond acceptors (Lipinski definition) is 5. The summed E-state index contributed by atoms with van der Waals surface area (Å²) in [6, 6.07) is 5.51. The Bertz CT molecular complexity index is 621. The molecule has 0 bridgehead atoms. The molecular formula is C14H15N3O2. The molecule has 0 atom stereocenters. The molecule has 2 aromatic heterocycles. The zero-order chi connectivity index (χ0) is 13.2. The first-order chi connectivity index (χ1) is 9.29. The number of hydrogen-bond donors (Lipinski definition) is 0. The van der Waals surface area contributed by atoms with Gasteiger partial charge in [0.2, 0.25) is 0 Å². The van der Waals surface area contributed by atoms with E-state index in [1.165, 1.54) is 20.0 Å². The third-order valence-corrected chi connectivity index (χ3v) is 3.40. The lowest BCUT2D eigenvalue weighted by Crippen LogP contribution is -2.19. The number of rotatable bonds is 2. The molecule has 0 unspecified atom stereocenters. The highest BCUT2D eigenvalue weighted by atomic mass is 16.5. The third-order valence-electron chi connectivity index (χ3n) is 3.40. The average molecular weight is 257 g/mol. The van der Waals surface area contributed by atoms with Gasteiger partial charge >= 0.3 is 5.97 Å². The molecule has 3 rings (SSSR count). The van der Waals surface area contributed by atoms with Gasteiger partial charge in [0.15, 0.2) is 0 Å². The molecule has 0 aliphatic carbocycles. The second kappa shape index (κ2) is 4.84. The zero-order valence-corrected chi connectivity index (χ0v) is 10.8. The molecule has 0 amide bonds. The number of carbonyl (C=O) groups excluding carboxylic acids is 1. The lowest BCUT2D eigenvalue weighted by Gasteiger charge is -2.16. The third kappa shape index (κ3) is 2.12. The molecule has 2 aromatic rings. The Kier molecular flexibility index (Phi) is 3.03. The molecule has 98 valence electrons. The number of nitrogens with zero attached hydrogens (tertiary/aromatic N) is 3. The van der Waals surface area contributed by atoms with Crippen LogP contribution in [0.25, 0.3) is 11.0 Å². The Morgan fingerprint density at radius 2 is 2.05 bits per heavy atom. The topological polar surface area (TPSA) is 55.3 Å². The maximum absolute atomic E-state index is 11.8. The molecular weight excluding hydrogens is 242 g/mol. The van der Waals surface area contributed by atoms with Crippen LogP contribution in [-0.4, -0.2) is 36.1 Å². The van der Waals surface area contributed by atoms with E-state index in [1.807, 2.05) is 12.1 Å². The van der Waals surface area contributed by atoms with Crippen LogP contribution in [0.15, 0.2) is 24.4 Å². The number of pyridine rings is 2. The van der Waals surface area contributed by atoms with Gasteiger partial charge in [0, 0.05) is 19.3 Å². The van der Waals surface area contributed by atoms with Crippen LogP contribution in [0.4, 0.5) is 5.82 Å². The van der Waals surface area contributed by atoms with Crippen LogP contribution in [0.3, 0.4) is 0 Å². The van der Waals surface area contributed by atoms with Crippen LogP contribution in [0.2, 0.25) is 0 Å². The molecule has 1 saturated heterocycles. The Morgan fingerprint density at radius 3 is 2.79 bits per heavy atom. The first kappa shape index (κ1) is 11.9. The maximum Gasteiger partial charge on any atom is 0.340 e. The predicted octanol–water partition coefficient (Wildman–Crippen LogP) is 2.02. The highest BCUT2D eigenvalue weighted by Crippen LogP contribution is 2.22. The monoisotopic (exact) mass is 257 g/mol. The van der Waals surface area contributed by atoms with E-state index in [0.29, 0.717) is 16.6 Å². The van der Waals surface area contributed by atoms with E-state index < -0.39 is 0 Å². The van der Waals surface area contributed by atoms with Gasteiger partial charge in [-0.05, 0) is 31.0 Å². The van der Waals surface area contributed by atoms with Gasteiger partial charge in [-0.25, -0.2) is 9.78 Å². The minimum Gasteiger partial charge on any atom is -0.465 e. The molecule has 0 aromatic carbocycles. The number of carbonyl (C=O) groups is 1. The fourth-order valence-electron chi connectivity index (χ4n) is 2.41. The number of aromatic nitrogens is 2. The van der Waals surface area contributed by atoms with Crippen LogP contribution in [0.5, 0.6) is 0 Å². The molecule has 1 fully saturated rings. The normalized spacial score (nSPS) is 14.9. The summed E-state index contributed by atoms with van der Waals surface area (Å²) in [5, 5.41) is 0. The summed E-state index contributed by atoms with van der Waals surface area (Å²) in [5.74, 6) is 0.529. The van der Waals surface area contributed by atoms with Crippen LogP contribution in [0.1, 0.15) is 23.2 Å². The minimum absolute atomic E-state index is 0.376. The molecule has 0 spiro atoms. The Labute approximate surface area is 111 Å². The van der Waals surface area contributed by atoms with Crippen LogP contribution >= 0.6 is 0 Å². The van der Waals surface area contributed by atoms with E-state index >= 15 is 0 Å². The molecule has 5 heteroatoms. The van der Waals surface area contributed by atoms with Crippen molar-refractivity contribution in [1.29, 1.82) is 0 Å². The summed E-state index contributed by atoms with van der Waals surface area (Å²) in [6.45, 7) is 2.04. The number of methoxy groups -OCH3 is 1. The summed E-state index contributed by atoms with van der Waals surface area (Å²) < 4.78 is 4.79. The van der Waals surface area contributed by atoms with Gasteiger partial charge in [-0.1, -0.05) is 0 Å². The van der Waals surface area contributed by atoms with Gasteiger partial charge < -0.3 is 9.64 Å². The smallest absolute Gasteiger partial charge is 0.340 e. The first-order valence-electron chi connectivity index (χ1n) is 6.38. The van der Waals surface area contributed by atoms with Gasteiger partial charge in [-0.15, -0.1) is 0 Å². The van der Waals surface area contributed by atoms with E-state index in [1.54, 1.807) is 12.3 Å². The fourth-order valence-corrected chi connectivity index (χ4v) is 2.41. The Hall–Kier alpha value is -2.17. The van der Waals surface area contributed by atoms with Crippen molar-refractivity contribution in [2.24, 2.45) is 0 Å². The van der Waals surface area contributed by atoms with E-state index in [0.717, 1.165) is 18.9 Å². The van der Waals surface area contributed by atoms with Crippen molar-refractivity contribution in [3.8, 4) is 0 Å². The summed E-state index contributed by atoms with van der Waals surface area (Å²) in [6.07, 6.45) is 3.99. The Balaban J connectivity index is 2.11. The standard InChI is InChI=1S/C14H15N3O2/c1-19-14(18)10-6-7-15-11-4-5-12(16-13(10)11)17-8-2-3-9-17/h4-7H,2-3,8-9H2,1H3. The largest absolute Gasteiger partial charge is 0.465 e. The SMILES string of the molecule is COC(=O)c1ccnc2ccc(N3CCCC3)nc12. The number of ether oxygens (including phenoxy) is 1. The highest BCUT2D eigenvalue weighted by molar-refractivity contribution is 6.01. The first-order valence-corrected chi connectivity index (χ1v) is 6.38. The molecule has 0 radical (unpaired) electrons. The fraction of sp³-hybridized carbons (Fsp3) is 0.357. The molecule has 19 heavy (non-hydrogen) atoms. The van der Waals surface area contributed by atoms with Gasteiger partial charge in [0.05, 0.1) is 18.2 Å². The predicted molar refractivity (Wildman–Crippen MR) is 72.3 cm³/mol. The van der Waals surface area contributed by atoms with E-state index in [-0.39, 0.29) is 5.97 Å². The number of anilines is 1. The average Bonchev–Trinajstić information content (AvgIpc) is 2.99. The van der Waals surface area contributed by atoms with Gasteiger partial charge in [0.25, 0.3) is 0 Å². The van der Waals surface area contributed by atoms with Crippen LogP contribution in [0, 0.1) is 0 Å². The van der Waals surface area contributed by atoms with Gasteiger partial charge in [-0.2, -0.15) is 0 Å². The highest BCUT2D eigenvalue weighted by Gasteiger charge is 2.17. The maximum atomic E-state index is 11.8. The van der Waals surface area contributed by atoms with E-state index in [2.05, 4.69) is 14.9 Å². The van der Waals surface area contributed by atoms with Crippen molar-refractivity contribution >= 4 is 22.8 Å². The van der Waals surface area contributed by atoms with Gasteiger partial charge in [0.1, 0.15) is 11.3 Å². The molecule has 5 nitrogen and oxygen atoms in total. The summed E-state index contributed by atoms with van der Waals surface area (Å²) in [5.41, 5.74) is 1.79. The minimum atomic E-state index is -0.376. The van der Waals surface area contributed by atoms with Crippen molar-refractivity contribution < 1.29 is 9.53 Å². The molecule has 0 saturated carbocycles. The number of esters is 1. The summed E-state index contributed by atoms with van der Waals surface area (Å²) >= 11 is 0. The molecule has 1 aliphatic rings.